The zero-order valence-electron chi connectivity index (χ0n) is 11.6. The maximum absolute atomic E-state index is 9.54. The van der Waals surface area contributed by atoms with Crippen LogP contribution in [-0.2, 0) is 12.8 Å². The summed E-state index contributed by atoms with van der Waals surface area (Å²) < 4.78 is 0. The Kier molecular flexibility index (Phi) is 4.07. The molecule has 0 amide bonds. The molecule has 0 radical (unpaired) electrons. The van der Waals surface area contributed by atoms with Crippen LogP contribution in [0.5, 0.6) is 0 Å². The number of nitrogens with zero attached hydrogens (tertiary/aromatic N) is 1. The molecule has 0 aromatic heterocycles. The van der Waals surface area contributed by atoms with Gasteiger partial charge in [0.1, 0.15) is 0 Å². The van der Waals surface area contributed by atoms with Crippen molar-refractivity contribution in [3.63, 3.8) is 0 Å². The Bertz CT molecular complexity index is 416. The van der Waals surface area contributed by atoms with Gasteiger partial charge in [-0.25, -0.2) is 0 Å². The van der Waals surface area contributed by atoms with Crippen LogP contribution in [0.25, 0.3) is 0 Å². The normalized spacial score (nSPS) is 27.7. The van der Waals surface area contributed by atoms with E-state index in [1.54, 1.807) is 0 Å². The Morgan fingerprint density at radius 1 is 1.17 bits per heavy atom. The Labute approximate surface area is 111 Å². The highest BCUT2D eigenvalue weighted by Crippen LogP contribution is 2.40. The zero-order valence-corrected chi connectivity index (χ0v) is 11.6. The average Bonchev–Trinajstić information content (AvgIpc) is 2.43. The maximum Gasteiger partial charge on any atom is 0.0693 e. The van der Waals surface area contributed by atoms with Crippen LogP contribution in [0.4, 0.5) is 0 Å². The number of nitriles is 1. The summed E-state index contributed by atoms with van der Waals surface area (Å²) in [5, 5.41) is 9.54. The summed E-state index contributed by atoms with van der Waals surface area (Å²) in [6, 6.07) is 11.4. The number of aryl methyl sites for hydroxylation is 1. The largest absolute Gasteiger partial charge is 0.198 e. The first kappa shape index (κ1) is 13.1. The summed E-state index contributed by atoms with van der Waals surface area (Å²) >= 11 is 0. The molecule has 1 aromatic rings. The van der Waals surface area contributed by atoms with E-state index in [9.17, 15) is 5.26 Å². The molecule has 2 rings (SSSR count). The van der Waals surface area contributed by atoms with Gasteiger partial charge in [-0.2, -0.15) is 5.26 Å². The Hall–Kier alpha value is -1.29. The fourth-order valence-electron chi connectivity index (χ4n) is 2.93. The number of rotatable bonds is 3. The van der Waals surface area contributed by atoms with Crippen LogP contribution in [0.3, 0.4) is 0 Å². The van der Waals surface area contributed by atoms with Crippen LogP contribution in [0.2, 0.25) is 0 Å². The van der Waals surface area contributed by atoms with Crippen molar-refractivity contribution in [2.24, 2.45) is 11.3 Å². The van der Waals surface area contributed by atoms with E-state index in [-0.39, 0.29) is 5.41 Å². The maximum atomic E-state index is 9.54. The van der Waals surface area contributed by atoms with Crippen molar-refractivity contribution < 1.29 is 0 Å². The quantitative estimate of drug-likeness (QED) is 0.763. The topological polar surface area (TPSA) is 23.8 Å². The molecule has 96 valence electrons. The third-order valence-corrected chi connectivity index (χ3v) is 4.44. The molecule has 1 saturated carbocycles. The van der Waals surface area contributed by atoms with E-state index in [1.165, 1.54) is 24.0 Å². The SMILES string of the molecule is CCc1ccc(CC2(C#N)CCC(C)CC2)cc1. The lowest BCUT2D eigenvalue weighted by molar-refractivity contribution is 0.219. The van der Waals surface area contributed by atoms with Crippen LogP contribution in [0.1, 0.15) is 50.7 Å². The third-order valence-electron chi connectivity index (χ3n) is 4.44. The van der Waals surface area contributed by atoms with Crippen molar-refractivity contribution in [2.75, 3.05) is 0 Å². The lowest BCUT2D eigenvalue weighted by atomic mass is 9.69. The molecule has 1 fully saturated rings. The molecule has 0 unspecified atom stereocenters. The first-order chi connectivity index (χ1) is 8.67. The van der Waals surface area contributed by atoms with Crippen LogP contribution in [-0.4, -0.2) is 0 Å². The standard InChI is InChI=1S/C17H23N/c1-3-15-4-6-16(7-5-15)12-17(13-18)10-8-14(2)9-11-17/h4-7,14H,3,8-12H2,1-2H3. The lowest BCUT2D eigenvalue weighted by Crippen LogP contribution is -2.27. The molecular weight excluding hydrogens is 218 g/mol. The summed E-state index contributed by atoms with van der Waals surface area (Å²) in [5.74, 6) is 0.800. The molecule has 1 nitrogen and oxygen atoms in total. The van der Waals surface area contributed by atoms with Crippen molar-refractivity contribution in [1.29, 1.82) is 5.26 Å². The molecule has 18 heavy (non-hydrogen) atoms. The summed E-state index contributed by atoms with van der Waals surface area (Å²) in [6.45, 7) is 4.48. The summed E-state index contributed by atoms with van der Waals surface area (Å²) in [6.07, 6.45) is 6.57. The van der Waals surface area contributed by atoms with Gasteiger partial charge < -0.3 is 0 Å². The third kappa shape index (κ3) is 2.93. The molecule has 0 aliphatic heterocycles. The molecule has 0 saturated heterocycles. The van der Waals surface area contributed by atoms with Crippen molar-refractivity contribution in [1.82, 2.24) is 0 Å². The molecule has 0 N–H and O–H groups in total. The Morgan fingerprint density at radius 3 is 2.22 bits per heavy atom. The van der Waals surface area contributed by atoms with Crippen molar-refractivity contribution >= 4 is 0 Å². The highest BCUT2D eigenvalue weighted by Gasteiger charge is 2.34. The first-order valence-corrected chi connectivity index (χ1v) is 7.16. The van der Waals surface area contributed by atoms with Gasteiger partial charge in [0.2, 0.25) is 0 Å². The van der Waals surface area contributed by atoms with E-state index in [0.717, 1.165) is 31.6 Å². The second-order valence-corrected chi connectivity index (χ2v) is 5.92. The number of hydrogen-bond acceptors (Lipinski definition) is 1. The minimum Gasteiger partial charge on any atom is -0.198 e. The second kappa shape index (κ2) is 5.57. The second-order valence-electron chi connectivity index (χ2n) is 5.92. The summed E-state index contributed by atoms with van der Waals surface area (Å²) in [7, 11) is 0. The fraction of sp³-hybridized carbons (Fsp3) is 0.588. The predicted molar refractivity (Wildman–Crippen MR) is 75.2 cm³/mol. The van der Waals surface area contributed by atoms with Crippen LogP contribution in [0, 0.1) is 22.7 Å². The molecule has 1 heteroatoms. The smallest absolute Gasteiger partial charge is 0.0693 e. The molecule has 0 atom stereocenters. The van der Waals surface area contributed by atoms with Gasteiger partial charge in [0.05, 0.1) is 11.5 Å². The molecule has 0 heterocycles. The van der Waals surface area contributed by atoms with E-state index in [0.29, 0.717) is 0 Å². The predicted octanol–water partition coefficient (Wildman–Crippen LogP) is 4.51. The van der Waals surface area contributed by atoms with E-state index in [2.05, 4.69) is 44.2 Å². The summed E-state index contributed by atoms with van der Waals surface area (Å²) in [4.78, 5) is 0. The van der Waals surface area contributed by atoms with Gasteiger partial charge in [0.15, 0.2) is 0 Å². The van der Waals surface area contributed by atoms with E-state index in [1.807, 2.05) is 0 Å². The van der Waals surface area contributed by atoms with E-state index >= 15 is 0 Å². The minimum atomic E-state index is -0.0970. The van der Waals surface area contributed by atoms with Crippen LogP contribution >= 0.6 is 0 Å². The van der Waals surface area contributed by atoms with Gasteiger partial charge in [-0.05, 0) is 55.6 Å². The van der Waals surface area contributed by atoms with Gasteiger partial charge in [0, 0.05) is 0 Å². The Balaban J connectivity index is 2.08. The monoisotopic (exact) mass is 241 g/mol. The van der Waals surface area contributed by atoms with Gasteiger partial charge in [0.25, 0.3) is 0 Å². The molecular formula is C17H23N. The molecule has 1 aliphatic rings. The number of hydrogen-bond donors (Lipinski definition) is 0. The van der Waals surface area contributed by atoms with Crippen molar-refractivity contribution in [3.05, 3.63) is 35.4 Å². The Morgan fingerprint density at radius 2 is 1.72 bits per heavy atom. The molecule has 0 bridgehead atoms. The fourth-order valence-corrected chi connectivity index (χ4v) is 2.93. The average molecular weight is 241 g/mol. The lowest BCUT2D eigenvalue weighted by Gasteiger charge is -2.33. The number of benzene rings is 1. The minimum absolute atomic E-state index is 0.0970. The van der Waals surface area contributed by atoms with E-state index < -0.39 is 0 Å². The van der Waals surface area contributed by atoms with Crippen LogP contribution < -0.4 is 0 Å². The van der Waals surface area contributed by atoms with E-state index in [4.69, 9.17) is 0 Å². The van der Waals surface area contributed by atoms with Gasteiger partial charge in [-0.1, -0.05) is 38.1 Å². The van der Waals surface area contributed by atoms with Gasteiger partial charge in [-0.15, -0.1) is 0 Å². The summed E-state index contributed by atoms with van der Waals surface area (Å²) in [5.41, 5.74) is 2.60. The van der Waals surface area contributed by atoms with Crippen molar-refractivity contribution in [3.8, 4) is 6.07 Å². The molecule has 1 aliphatic carbocycles. The first-order valence-electron chi connectivity index (χ1n) is 7.16. The van der Waals surface area contributed by atoms with Crippen molar-refractivity contribution in [2.45, 2.75) is 52.4 Å². The highest BCUT2D eigenvalue weighted by molar-refractivity contribution is 5.25. The molecule has 0 spiro atoms. The zero-order chi connectivity index (χ0) is 13.0. The van der Waals surface area contributed by atoms with Gasteiger partial charge in [-0.3, -0.25) is 0 Å². The van der Waals surface area contributed by atoms with Gasteiger partial charge >= 0.3 is 0 Å². The molecule has 1 aromatic carbocycles. The highest BCUT2D eigenvalue weighted by atomic mass is 14.4. The van der Waals surface area contributed by atoms with Crippen LogP contribution in [0.15, 0.2) is 24.3 Å².